The Morgan fingerprint density at radius 3 is 2.57 bits per heavy atom. The zero-order chi connectivity index (χ0) is 9.84. The Hall–Kier alpha value is -0.820. The molecule has 1 aromatic rings. The number of allylic oxidation sites excluding steroid dienone is 1. The van der Waals surface area contributed by atoms with E-state index in [4.69, 9.17) is 0 Å². The standard InChI is InChI=1S/C12H15F.ClH.H2/c1-4-6-10-8-7-9(3)12(13)11(10)5-2;;/h4,6-8H,5H2,1-3H3;2*1H/b6-4-;;. The Bertz CT molecular complexity index is 335. The van der Waals surface area contributed by atoms with E-state index in [1.54, 1.807) is 6.92 Å². The molecule has 0 aliphatic rings. The fourth-order valence-electron chi connectivity index (χ4n) is 1.45. The molecule has 0 saturated heterocycles. The molecule has 0 aromatic heterocycles. The molecular formula is C12H18ClF. The first kappa shape index (κ1) is 13.2. The van der Waals surface area contributed by atoms with Gasteiger partial charge >= 0.3 is 0 Å². The Labute approximate surface area is 92.7 Å². The van der Waals surface area contributed by atoms with Crippen LogP contribution in [0.15, 0.2) is 18.2 Å². The average Bonchev–Trinajstić information content (AvgIpc) is 2.12. The quantitative estimate of drug-likeness (QED) is 0.688. The molecule has 0 spiro atoms. The predicted octanol–water partition coefficient (Wildman–Crippen LogP) is 4.40. The number of hydrogen-bond donors (Lipinski definition) is 0. The number of halogens is 2. The third-order valence-electron chi connectivity index (χ3n) is 2.17. The zero-order valence-corrected chi connectivity index (χ0v) is 9.62. The van der Waals surface area contributed by atoms with Crippen molar-refractivity contribution in [3.63, 3.8) is 0 Å². The lowest BCUT2D eigenvalue weighted by Crippen LogP contribution is -1.95. The van der Waals surface area contributed by atoms with Gasteiger partial charge < -0.3 is 0 Å². The van der Waals surface area contributed by atoms with E-state index in [-0.39, 0.29) is 19.7 Å². The minimum atomic E-state index is -0.0573. The van der Waals surface area contributed by atoms with Gasteiger partial charge in [-0.1, -0.05) is 31.2 Å². The van der Waals surface area contributed by atoms with Crippen molar-refractivity contribution < 1.29 is 5.82 Å². The monoisotopic (exact) mass is 216 g/mol. The molecule has 0 bridgehead atoms. The van der Waals surface area contributed by atoms with E-state index in [9.17, 15) is 4.39 Å². The number of rotatable bonds is 2. The minimum Gasteiger partial charge on any atom is -0.206 e. The van der Waals surface area contributed by atoms with Crippen LogP contribution in [-0.4, -0.2) is 0 Å². The highest BCUT2D eigenvalue weighted by atomic mass is 35.5. The summed E-state index contributed by atoms with van der Waals surface area (Å²) in [5.41, 5.74) is 2.54. The summed E-state index contributed by atoms with van der Waals surface area (Å²) in [6.45, 7) is 5.72. The van der Waals surface area contributed by atoms with Gasteiger partial charge in [0.2, 0.25) is 0 Å². The molecule has 1 rings (SSSR count). The van der Waals surface area contributed by atoms with Crippen molar-refractivity contribution in [1.82, 2.24) is 0 Å². The summed E-state index contributed by atoms with van der Waals surface area (Å²) >= 11 is 0. The molecule has 2 heteroatoms. The van der Waals surface area contributed by atoms with Gasteiger partial charge in [0.05, 0.1) is 0 Å². The van der Waals surface area contributed by atoms with Crippen LogP contribution in [0.4, 0.5) is 4.39 Å². The Kier molecular flexibility index (Phi) is 5.47. The van der Waals surface area contributed by atoms with E-state index in [1.165, 1.54) is 0 Å². The van der Waals surface area contributed by atoms with E-state index in [1.807, 2.05) is 38.1 Å². The van der Waals surface area contributed by atoms with Crippen LogP contribution in [0, 0.1) is 12.7 Å². The van der Waals surface area contributed by atoms with Gasteiger partial charge in [-0.3, -0.25) is 0 Å². The van der Waals surface area contributed by atoms with Crippen molar-refractivity contribution in [3.8, 4) is 0 Å². The van der Waals surface area contributed by atoms with Crippen LogP contribution in [-0.2, 0) is 6.42 Å². The summed E-state index contributed by atoms with van der Waals surface area (Å²) in [6.07, 6.45) is 4.62. The summed E-state index contributed by atoms with van der Waals surface area (Å²) in [5.74, 6) is -0.0573. The van der Waals surface area contributed by atoms with Gasteiger partial charge in [-0.05, 0) is 37.0 Å². The van der Waals surface area contributed by atoms with Crippen LogP contribution >= 0.6 is 12.4 Å². The van der Waals surface area contributed by atoms with E-state index in [0.717, 1.165) is 23.1 Å². The fourth-order valence-corrected chi connectivity index (χ4v) is 1.45. The summed E-state index contributed by atoms with van der Waals surface area (Å²) in [7, 11) is 0. The van der Waals surface area contributed by atoms with Crippen molar-refractivity contribution in [2.24, 2.45) is 0 Å². The lowest BCUT2D eigenvalue weighted by molar-refractivity contribution is 0.602. The molecule has 0 N–H and O–H groups in total. The third-order valence-corrected chi connectivity index (χ3v) is 2.17. The molecule has 0 aliphatic heterocycles. The highest BCUT2D eigenvalue weighted by Crippen LogP contribution is 2.19. The number of aryl methyl sites for hydroxylation is 1. The molecule has 80 valence electrons. The van der Waals surface area contributed by atoms with Crippen LogP contribution in [0.3, 0.4) is 0 Å². The fraction of sp³-hybridized carbons (Fsp3) is 0.333. The second-order valence-corrected chi connectivity index (χ2v) is 3.12. The van der Waals surface area contributed by atoms with Gasteiger partial charge in [0.15, 0.2) is 0 Å². The van der Waals surface area contributed by atoms with Crippen molar-refractivity contribution in [2.45, 2.75) is 27.2 Å². The first-order valence-electron chi connectivity index (χ1n) is 4.61. The second kappa shape index (κ2) is 5.82. The second-order valence-electron chi connectivity index (χ2n) is 3.12. The van der Waals surface area contributed by atoms with Crippen molar-refractivity contribution >= 4 is 18.5 Å². The molecule has 0 unspecified atom stereocenters. The summed E-state index contributed by atoms with van der Waals surface area (Å²) < 4.78 is 13.6. The molecule has 0 radical (unpaired) electrons. The molecular weight excluding hydrogens is 199 g/mol. The molecule has 0 heterocycles. The molecule has 14 heavy (non-hydrogen) atoms. The van der Waals surface area contributed by atoms with Crippen LogP contribution in [0.1, 0.15) is 32.0 Å². The van der Waals surface area contributed by atoms with E-state index in [0.29, 0.717) is 0 Å². The maximum Gasteiger partial charge on any atom is 0.129 e. The molecule has 0 saturated carbocycles. The smallest absolute Gasteiger partial charge is 0.129 e. The molecule has 0 atom stereocenters. The van der Waals surface area contributed by atoms with Crippen LogP contribution in [0.5, 0.6) is 0 Å². The van der Waals surface area contributed by atoms with Crippen LogP contribution in [0.2, 0.25) is 0 Å². The van der Waals surface area contributed by atoms with E-state index >= 15 is 0 Å². The van der Waals surface area contributed by atoms with Gasteiger partial charge in [0, 0.05) is 1.43 Å². The SMILES string of the molecule is C/C=C\c1ccc(C)c(F)c1CC.Cl.[HH]. The Balaban J connectivity index is 0. The highest BCUT2D eigenvalue weighted by Gasteiger charge is 2.06. The largest absolute Gasteiger partial charge is 0.206 e. The van der Waals surface area contributed by atoms with Crippen molar-refractivity contribution in [3.05, 3.63) is 40.7 Å². The third kappa shape index (κ3) is 2.58. The molecule has 0 amide bonds. The van der Waals surface area contributed by atoms with E-state index < -0.39 is 0 Å². The summed E-state index contributed by atoms with van der Waals surface area (Å²) in [4.78, 5) is 0. The van der Waals surface area contributed by atoms with Gasteiger partial charge in [-0.15, -0.1) is 12.4 Å². The van der Waals surface area contributed by atoms with Gasteiger partial charge in [-0.25, -0.2) is 4.39 Å². The summed E-state index contributed by atoms with van der Waals surface area (Å²) in [6, 6.07) is 3.79. The highest BCUT2D eigenvalue weighted by molar-refractivity contribution is 5.85. The van der Waals surface area contributed by atoms with Gasteiger partial charge in [-0.2, -0.15) is 0 Å². The van der Waals surface area contributed by atoms with E-state index in [2.05, 4.69) is 0 Å². The maximum absolute atomic E-state index is 13.6. The van der Waals surface area contributed by atoms with Crippen molar-refractivity contribution in [2.75, 3.05) is 0 Å². The topological polar surface area (TPSA) is 0 Å². The lowest BCUT2D eigenvalue weighted by atomic mass is 10.0. The molecule has 0 aliphatic carbocycles. The summed E-state index contributed by atoms with van der Waals surface area (Å²) in [5, 5.41) is 0. The normalized spacial score (nSPS) is 10.3. The zero-order valence-electron chi connectivity index (χ0n) is 8.80. The average molecular weight is 217 g/mol. The van der Waals surface area contributed by atoms with Gasteiger partial charge in [0.1, 0.15) is 5.82 Å². The van der Waals surface area contributed by atoms with Crippen LogP contribution in [0.25, 0.3) is 6.08 Å². The Morgan fingerprint density at radius 1 is 1.43 bits per heavy atom. The molecule has 0 fully saturated rings. The number of hydrogen-bond acceptors (Lipinski definition) is 0. The molecule has 0 nitrogen and oxygen atoms in total. The minimum absolute atomic E-state index is 0. The first-order valence-corrected chi connectivity index (χ1v) is 4.61. The predicted molar refractivity (Wildman–Crippen MR) is 64.6 cm³/mol. The Morgan fingerprint density at radius 2 is 2.07 bits per heavy atom. The lowest BCUT2D eigenvalue weighted by Gasteiger charge is -2.07. The van der Waals surface area contributed by atoms with Gasteiger partial charge in [0.25, 0.3) is 0 Å². The maximum atomic E-state index is 13.6. The molecule has 1 aromatic carbocycles. The first-order chi connectivity index (χ1) is 6.20. The number of benzene rings is 1. The van der Waals surface area contributed by atoms with Crippen LogP contribution < -0.4 is 0 Å². The van der Waals surface area contributed by atoms with Crippen molar-refractivity contribution in [1.29, 1.82) is 0 Å².